The molecular formula is C13H18O2S. The molecule has 0 amide bonds. The highest BCUT2D eigenvalue weighted by Crippen LogP contribution is 2.34. The van der Waals surface area contributed by atoms with Crippen LogP contribution >= 0.6 is 12.6 Å². The molecule has 88 valence electrons. The lowest BCUT2D eigenvalue weighted by Crippen LogP contribution is -2.19. The van der Waals surface area contributed by atoms with Gasteiger partial charge in [-0.05, 0) is 23.7 Å². The molecule has 0 aliphatic carbocycles. The summed E-state index contributed by atoms with van der Waals surface area (Å²) in [6.07, 6.45) is 0.939. The van der Waals surface area contributed by atoms with Crippen molar-refractivity contribution < 1.29 is 9.53 Å². The van der Waals surface area contributed by atoms with Crippen LogP contribution in [0.3, 0.4) is 0 Å². The summed E-state index contributed by atoms with van der Waals surface area (Å²) < 4.78 is 5.21. The van der Waals surface area contributed by atoms with E-state index in [1.54, 1.807) is 0 Å². The molecule has 16 heavy (non-hydrogen) atoms. The molecular weight excluding hydrogens is 220 g/mol. The van der Waals surface area contributed by atoms with Crippen molar-refractivity contribution in [2.24, 2.45) is 0 Å². The minimum Gasteiger partial charge on any atom is -0.426 e. The van der Waals surface area contributed by atoms with Gasteiger partial charge in [0.05, 0.1) is 0 Å². The molecule has 1 rings (SSSR count). The van der Waals surface area contributed by atoms with Gasteiger partial charge < -0.3 is 4.74 Å². The van der Waals surface area contributed by atoms with Crippen molar-refractivity contribution in [1.29, 1.82) is 0 Å². The number of hydrogen-bond donors (Lipinski definition) is 1. The molecule has 0 atom stereocenters. The lowest BCUT2D eigenvalue weighted by atomic mass is 9.81. The molecule has 1 aromatic rings. The summed E-state index contributed by atoms with van der Waals surface area (Å²) in [5.41, 5.74) is 1.02. The van der Waals surface area contributed by atoms with E-state index in [2.05, 4.69) is 26.5 Å². The number of ether oxygens (including phenoxy) is 1. The number of carbonyl (C=O) groups excluding carboxylic acids is 1. The summed E-state index contributed by atoms with van der Waals surface area (Å²) in [5, 5.41) is 0. The zero-order chi connectivity index (χ0) is 12.2. The minimum atomic E-state index is -0.283. The fourth-order valence-electron chi connectivity index (χ4n) is 1.68. The largest absolute Gasteiger partial charge is 0.426 e. The first kappa shape index (κ1) is 13.1. The topological polar surface area (TPSA) is 26.3 Å². The van der Waals surface area contributed by atoms with Crippen LogP contribution in [0.5, 0.6) is 5.75 Å². The molecule has 2 nitrogen and oxygen atoms in total. The normalized spacial score (nSPS) is 11.2. The van der Waals surface area contributed by atoms with Crippen LogP contribution in [0.1, 0.15) is 32.8 Å². The van der Waals surface area contributed by atoms with Crippen molar-refractivity contribution in [3.63, 3.8) is 0 Å². The van der Waals surface area contributed by atoms with E-state index in [0.717, 1.165) is 17.7 Å². The first-order chi connectivity index (χ1) is 7.47. The van der Waals surface area contributed by atoms with Crippen molar-refractivity contribution in [3.8, 4) is 5.75 Å². The van der Waals surface area contributed by atoms with E-state index in [1.807, 2.05) is 24.3 Å². The molecule has 0 radical (unpaired) electrons. The van der Waals surface area contributed by atoms with Crippen molar-refractivity contribution in [3.05, 3.63) is 29.8 Å². The zero-order valence-corrected chi connectivity index (χ0v) is 10.9. The van der Waals surface area contributed by atoms with Gasteiger partial charge in [-0.15, -0.1) is 0 Å². The fourth-order valence-corrected chi connectivity index (χ4v) is 2.24. The molecule has 0 bridgehead atoms. The molecule has 0 saturated heterocycles. The molecule has 0 unspecified atom stereocenters. The highest BCUT2D eigenvalue weighted by Gasteiger charge is 2.23. The van der Waals surface area contributed by atoms with Crippen LogP contribution in [0.25, 0.3) is 0 Å². The molecule has 1 aromatic carbocycles. The Labute approximate surface area is 102 Å². The van der Waals surface area contributed by atoms with Gasteiger partial charge in [0.25, 0.3) is 0 Å². The predicted octanol–water partition coefficient (Wildman–Crippen LogP) is 3.21. The van der Waals surface area contributed by atoms with E-state index in [0.29, 0.717) is 5.75 Å². The third-order valence-electron chi connectivity index (χ3n) is 2.61. The number of esters is 1. The van der Waals surface area contributed by atoms with Gasteiger partial charge in [0.1, 0.15) is 5.75 Å². The Kier molecular flexibility index (Phi) is 4.42. The molecule has 3 heteroatoms. The van der Waals surface area contributed by atoms with E-state index in [9.17, 15) is 4.79 Å². The Balaban J connectivity index is 3.07. The zero-order valence-electron chi connectivity index (χ0n) is 9.99. The molecule has 0 aliphatic heterocycles. The summed E-state index contributed by atoms with van der Waals surface area (Å²) in [6.45, 7) is 5.68. The highest BCUT2D eigenvalue weighted by molar-refractivity contribution is 7.80. The Hall–Kier alpha value is -0.960. The van der Waals surface area contributed by atoms with Crippen molar-refractivity contribution in [2.75, 3.05) is 5.75 Å². The maximum atomic E-state index is 11.0. The van der Waals surface area contributed by atoms with Gasteiger partial charge in [-0.2, -0.15) is 12.6 Å². The van der Waals surface area contributed by atoms with E-state index in [4.69, 9.17) is 4.74 Å². The fraction of sp³-hybridized carbons (Fsp3) is 0.462. The summed E-state index contributed by atoms with van der Waals surface area (Å²) in [4.78, 5) is 11.0. The van der Waals surface area contributed by atoms with Crippen LogP contribution in [0.2, 0.25) is 0 Å². The van der Waals surface area contributed by atoms with Crippen LogP contribution in [0.4, 0.5) is 0 Å². The van der Waals surface area contributed by atoms with E-state index in [1.165, 1.54) is 6.92 Å². The molecule has 0 aromatic heterocycles. The standard InChI is InChI=1S/C13H18O2S/c1-10(14)15-12-7-5-4-6-11(12)13(2,3)8-9-16/h4-7,16H,8-9H2,1-3H3. The second kappa shape index (κ2) is 5.39. The predicted molar refractivity (Wildman–Crippen MR) is 69.2 cm³/mol. The van der Waals surface area contributed by atoms with Gasteiger partial charge in [0, 0.05) is 12.5 Å². The van der Waals surface area contributed by atoms with Crippen molar-refractivity contribution in [1.82, 2.24) is 0 Å². The minimum absolute atomic E-state index is 0.0339. The monoisotopic (exact) mass is 238 g/mol. The lowest BCUT2D eigenvalue weighted by Gasteiger charge is -2.26. The first-order valence-electron chi connectivity index (χ1n) is 5.36. The van der Waals surface area contributed by atoms with Crippen LogP contribution in [-0.2, 0) is 10.2 Å². The highest BCUT2D eigenvalue weighted by atomic mass is 32.1. The molecule has 0 saturated carbocycles. The molecule has 0 N–H and O–H groups in total. The van der Waals surface area contributed by atoms with Crippen LogP contribution in [0, 0.1) is 0 Å². The summed E-state index contributed by atoms with van der Waals surface area (Å²) in [5.74, 6) is 1.18. The number of benzene rings is 1. The maximum absolute atomic E-state index is 11.0. The third-order valence-corrected chi connectivity index (χ3v) is 2.83. The van der Waals surface area contributed by atoms with Gasteiger partial charge in [0.15, 0.2) is 0 Å². The summed E-state index contributed by atoms with van der Waals surface area (Å²) >= 11 is 4.26. The van der Waals surface area contributed by atoms with Gasteiger partial charge in [-0.1, -0.05) is 32.0 Å². The Bertz CT molecular complexity index is 372. The molecule has 0 aliphatic rings. The molecule has 0 heterocycles. The van der Waals surface area contributed by atoms with Gasteiger partial charge in [-0.25, -0.2) is 0 Å². The van der Waals surface area contributed by atoms with Crippen LogP contribution in [-0.4, -0.2) is 11.7 Å². The van der Waals surface area contributed by atoms with Gasteiger partial charge >= 0.3 is 5.97 Å². The average Bonchev–Trinajstić information content (AvgIpc) is 2.17. The van der Waals surface area contributed by atoms with Crippen molar-refractivity contribution >= 4 is 18.6 Å². The number of para-hydroxylation sites is 1. The first-order valence-corrected chi connectivity index (χ1v) is 5.99. The van der Waals surface area contributed by atoms with Gasteiger partial charge in [-0.3, -0.25) is 4.79 Å². The van der Waals surface area contributed by atoms with Crippen LogP contribution in [0.15, 0.2) is 24.3 Å². The van der Waals surface area contributed by atoms with E-state index >= 15 is 0 Å². The van der Waals surface area contributed by atoms with E-state index < -0.39 is 0 Å². The summed E-state index contributed by atoms with van der Waals surface area (Å²) in [6, 6.07) is 7.67. The molecule has 0 spiro atoms. The number of thiol groups is 1. The van der Waals surface area contributed by atoms with Gasteiger partial charge in [0.2, 0.25) is 0 Å². The number of carbonyl (C=O) groups is 1. The summed E-state index contributed by atoms with van der Waals surface area (Å²) in [7, 11) is 0. The van der Waals surface area contributed by atoms with Crippen molar-refractivity contribution in [2.45, 2.75) is 32.6 Å². The Morgan fingerprint density at radius 3 is 2.56 bits per heavy atom. The lowest BCUT2D eigenvalue weighted by molar-refractivity contribution is -0.131. The van der Waals surface area contributed by atoms with E-state index in [-0.39, 0.29) is 11.4 Å². The average molecular weight is 238 g/mol. The third kappa shape index (κ3) is 3.27. The number of rotatable bonds is 4. The second-order valence-corrected chi connectivity index (χ2v) is 4.89. The second-order valence-electron chi connectivity index (χ2n) is 4.45. The number of hydrogen-bond acceptors (Lipinski definition) is 3. The Morgan fingerprint density at radius 1 is 1.38 bits per heavy atom. The quantitative estimate of drug-likeness (QED) is 0.495. The van der Waals surface area contributed by atoms with Crippen LogP contribution < -0.4 is 4.74 Å². The SMILES string of the molecule is CC(=O)Oc1ccccc1C(C)(C)CCS. The smallest absolute Gasteiger partial charge is 0.308 e. The molecule has 0 fully saturated rings. The Morgan fingerprint density at radius 2 is 2.00 bits per heavy atom. The maximum Gasteiger partial charge on any atom is 0.308 e.